The van der Waals surface area contributed by atoms with Crippen molar-refractivity contribution in [1.82, 2.24) is 9.55 Å². The topological polar surface area (TPSA) is 90.0 Å². The predicted octanol–water partition coefficient (Wildman–Crippen LogP) is 1.68. The van der Waals surface area contributed by atoms with Gasteiger partial charge in [-0.05, 0) is 18.2 Å². The molecule has 1 amide bonds. The molecule has 0 radical (unpaired) electrons. The number of benzene rings is 1. The minimum Gasteiger partial charge on any atom is -0.399 e. The third-order valence-corrected chi connectivity index (χ3v) is 3.78. The van der Waals surface area contributed by atoms with Crippen molar-refractivity contribution in [2.24, 2.45) is 0 Å². The first-order valence-corrected chi connectivity index (χ1v) is 7.04. The molecule has 1 aromatic carbocycles. The number of nitrogens with zero attached hydrogens (tertiary/aromatic N) is 2. The maximum absolute atomic E-state index is 11.9. The molecule has 3 rings (SSSR count). The number of carbonyl (C=O) groups excluding carboxylic acids is 1. The van der Waals surface area contributed by atoms with Crippen molar-refractivity contribution in [1.29, 1.82) is 0 Å². The first-order valence-electron chi connectivity index (χ1n) is 6.22. The number of nitrogen functional groups attached to an aromatic ring is 1. The maximum Gasteiger partial charge on any atom is 0.246 e. The van der Waals surface area contributed by atoms with Gasteiger partial charge in [0.1, 0.15) is 6.54 Å². The Bertz CT molecular complexity index is 848. The number of hydrogen-bond donors (Lipinski definition) is 2. The molecule has 0 atom stereocenters. The third-order valence-electron chi connectivity index (χ3n) is 2.85. The van der Waals surface area contributed by atoms with Crippen LogP contribution in [0.3, 0.4) is 0 Å². The van der Waals surface area contributed by atoms with Crippen LogP contribution in [-0.2, 0) is 11.3 Å². The van der Waals surface area contributed by atoms with Gasteiger partial charge in [-0.15, -0.1) is 0 Å². The van der Waals surface area contributed by atoms with Crippen molar-refractivity contribution in [3.05, 3.63) is 52.9 Å². The van der Waals surface area contributed by atoms with Crippen LogP contribution in [0.1, 0.15) is 0 Å². The number of fused-ring (bicyclic) bond motifs is 1. The molecule has 0 saturated heterocycles. The van der Waals surface area contributed by atoms with E-state index in [0.717, 1.165) is 10.2 Å². The summed E-state index contributed by atoms with van der Waals surface area (Å²) in [6.45, 7) is 0.123. The van der Waals surface area contributed by atoms with Crippen molar-refractivity contribution in [2.75, 3.05) is 11.1 Å². The van der Waals surface area contributed by atoms with Crippen LogP contribution >= 0.6 is 11.3 Å². The van der Waals surface area contributed by atoms with Crippen LogP contribution in [0.5, 0.6) is 0 Å². The molecule has 0 saturated carbocycles. The molecule has 21 heavy (non-hydrogen) atoms. The highest BCUT2D eigenvalue weighted by Crippen LogP contribution is 2.27. The minimum atomic E-state index is -0.203. The fourth-order valence-electron chi connectivity index (χ4n) is 1.87. The summed E-state index contributed by atoms with van der Waals surface area (Å²) in [5, 5.41) is 3.27. The van der Waals surface area contributed by atoms with Crippen molar-refractivity contribution in [3.63, 3.8) is 0 Å². The number of rotatable bonds is 3. The smallest absolute Gasteiger partial charge is 0.246 e. The zero-order chi connectivity index (χ0) is 14.8. The van der Waals surface area contributed by atoms with Gasteiger partial charge in [-0.25, -0.2) is 4.98 Å². The molecule has 2 heterocycles. The van der Waals surface area contributed by atoms with Crippen molar-refractivity contribution < 1.29 is 4.79 Å². The average molecular weight is 300 g/mol. The Hall–Kier alpha value is -2.67. The van der Waals surface area contributed by atoms with E-state index in [1.807, 2.05) is 12.1 Å². The van der Waals surface area contributed by atoms with E-state index in [-0.39, 0.29) is 17.9 Å². The molecule has 0 spiro atoms. The summed E-state index contributed by atoms with van der Waals surface area (Å²) in [7, 11) is 0. The second kappa shape index (κ2) is 5.37. The molecule has 7 heteroatoms. The molecule has 0 aliphatic heterocycles. The highest BCUT2D eigenvalue weighted by molar-refractivity contribution is 7.22. The van der Waals surface area contributed by atoms with Crippen LogP contribution in [0, 0.1) is 0 Å². The van der Waals surface area contributed by atoms with Crippen LogP contribution in [0.15, 0.2) is 47.5 Å². The van der Waals surface area contributed by atoms with Gasteiger partial charge in [-0.3, -0.25) is 9.59 Å². The fourth-order valence-corrected chi connectivity index (χ4v) is 2.80. The SMILES string of the molecule is Nc1ccc2nc(NC(=O)Cn3ccc(=O)cc3)sc2c1. The third kappa shape index (κ3) is 3.09. The zero-order valence-corrected chi connectivity index (χ0v) is 11.8. The number of hydrogen-bond acceptors (Lipinski definition) is 5. The summed E-state index contributed by atoms with van der Waals surface area (Å²) in [6.07, 6.45) is 3.14. The molecule has 0 aliphatic rings. The van der Waals surface area contributed by atoms with E-state index in [4.69, 9.17) is 5.73 Å². The molecule has 0 bridgehead atoms. The molecular formula is C14H12N4O2S. The molecule has 0 aliphatic carbocycles. The normalized spacial score (nSPS) is 10.7. The van der Waals surface area contributed by atoms with Gasteiger partial charge < -0.3 is 15.6 Å². The number of thiazole rings is 1. The quantitative estimate of drug-likeness (QED) is 0.720. The lowest BCUT2D eigenvalue weighted by molar-refractivity contribution is -0.116. The van der Waals surface area contributed by atoms with E-state index in [2.05, 4.69) is 10.3 Å². The summed E-state index contributed by atoms with van der Waals surface area (Å²) < 4.78 is 2.55. The van der Waals surface area contributed by atoms with E-state index >= 15 is 0 Å². The minimum absolute atomic E-state index is 0.0876. The molecule has 3 aromatic rings. The fraction of sp³-hybridized carbons (Fsp3) is 0.0714. The summed E-state index contributed by atoms with van der Waals surface area (Å²) in [4.78, 5) is 27.3. The summed E-state index contributed by atoms with van der Waals surface area (Å²) in [6, 6.07) is 8.23. The molecule has 106 valence electrons. The first-order chi connectivity index (χ1) is 10.1. The Morgan fingerprint density at radius 3 is 2.81 bits per heavy atom. The number of nitrogens with two attached hydrogens (primary N) is 1. The highest BCUT2D eigenvalue weighted by Gasteiger charge is 2.08. The van der Waals surface area contributed by atoms with Crippen LogP contribution in [0.25, 0.3) is 10.2 Å². The maximum atomic E-state index is 11.9. The lowest BCUT2D eigenvalue weighted by Gasteiger charge is -2.04. The molecule has 3 N–H and O–H groups in total. The Kier molecular flexibility index (Phi) is 3.41. The van der Waals surface area contributed by atoms with E-state index in [1.54, 1.807) is 23.0 Å². The molecule has 2 aromatic heterocycles. The lowest BCUT2D eigenvalue weighted by atomic mass is 10.3. The van der Waals surface area contributed by atoms with E-state index < -0.39 is 0 Å². The second-order valence-electron chi connectivity index (χ2n) is 4.50. The van der Waals surface area contributed by atoms with Gasteiger partial charge >= 0.3 is 0 Å². The highest BCUT2D eigenvalue weighted by atomic mass is 32.1. The van der Waals surface area contributed by atoms with Crippen LogP contribution in [0.4, 0.5) is 10.8 Å². The monoisotopic (exact) mass is 300 g/mol. The van der Waals surface area contributed by atoms with Crippen LogP contribution in [0.2, 0.25) is 0 Å². The van der Waals surface area contributed by atoms with Crippen molar-refractivity contribution >= 4 is 38.3 Å². The Balaban J connectivity index is 1.73. The zero-order valence-electron chi connectivity index (χ0n) is 10.9. The number of carbonyl (C=O) groups is 1. The number of amides is 1. The van der Waals surface area contributed by atoms with E-state index in [9.17, 15) is 9.59 Å². The first kappa shape index (κ1) is 13.3. The van der Waals surface area contributed by atoms with E-state index in [1.165, 1.54) is 23.5 Å². The van der Waals surface area contributed by atoms with E-state index in [0.29, 0.717) is 10.8 Å². The van der Waals surface area contributed by atoms with Crippen LogP contribution in [-0.4, -0.2) is 15.5 Å². The largest absolute Gasteiger partial charge is 0.399 e. The summed E-state index contributed by atoms with van der Waals surface area (Å²) >= 11 is 1.37. The molecule has 6 nitrogen and oxygen atoms in total. The van der Waals surface area contributed by atoms with Crippen molar-refractivity contribution in [2.45, 2.75) is 6.54 Å². The molecular weight excluding hydrogens is 288 g/mol. The Labute approximate surface area is 123 Å². The second-order valence-corrected chi connectivity index (χ2v) is 5.53. The molecule has 0 unspecified atom stereocenters. The number of pyridine rings is 1. The van der Waals surface area contributed by atoms with Gasteiger partial charge in [0.2, 0.25) is 5.91 Å². The standard InChI is InChI=1S/C14H12N4O2S/c15-9-1-2-11-12(7-9)21-14(16-11)17-13(20)8-18-5-3-10(19)4-6-18/h1-7H,8,15H2,(H,16,17,20). The van der Waals surface area contributed by atoms with Gasteiger partial charge in [-0.2, -0.15) is 0 Å². The summed E-state index contributed by atoms with van der Waals surface area (Å²) in [5.41, 5.74) is 7.09. The predicted molar refractivity (Wildman–Crippen MR) is 83.4 cm³/mol. The molecule has 0 fully saturated rings. The average Bonchev–Trinajstić information content (AvgIpc) is 2.82. The number of nitrogens with one attached hydrogen (secondary N) is 1. The van der Waals surface area contributed by atoms with Gasteiger partial charge in [0.05, 0.1) is 10.2 Å². The van der Waals surface area contributed by atoms with Crippen LogP contribution < -0.4 is 16.5 Å². The van der Waals surface area contributed by atoms with Gasteiger partial charge in [0.15, 0.2) is 10.6 Å². The van der Waals surface area contributed by atoms with Crippen molar-refractivity contribution in [3.8, 4) is 0 Å². The Morgan fingerprint density at radius 1 is 1.29 bits per heavy atom. The number of anilines is 2. The lowest BCUT2D eigenvalue weighted by Crippen LogP contribution is -2.19. The Morgan fingerprint density at radius 2 is 2.05 bits per heavy atom. The number of aromatic nitrogens is 2. The van der Waals surface area contributed by atoms with Gasteiger partial charge in [0.25, 0.3) is 0 Å². The van der Waals surface area contributed by atoms with Gasteiger partial charge in [-0.1, -0.05) is 11.3 Å². The van der Waals surface area contributed by atoms with Gasteiger partial charge in [0, 0.05) is 30.2 Å². The summed E-state index contributed by atoms with van der Waals surface area (Å²) in [5.74, 6) is -0.203.